The molecule has 0 saturated carbocycles. The molecule has 0 spiro atoms. The van der Waals surface area contributed by atoms with Crippen molar-refractivity contribution in [3.05, 3.63) is 64.0 Å². The second kappa shape index (κ2) is 7.11. The molecule has 23 heavy (non-hydrogen) atoms. The second-order valence-corrected chi connectivity index (χ2v) is 5.69. The molecule has 5 heteroatoms. The highest BCUT2D eigenvalue weighted by Crippen LogP contribution is 2.25. The summed E-state index contributed by atoms with van der Waals surface area (Å²) in [6.07, 6.45) is 0.647. The zero-order valence-electron chi connectivity index (χ0n) is 13.2. The van der Waals surface area contributed by atoms with Crippen molar-refractivity contribution in [1.82, 2.24) is 5.32 Å². The minimum Gasteiger partial charge on any atom is -0.319 e. The number of halogens is 2. The lowest BCUT2D eigenvalue weighted by Gasteiger charge is -2.19. The fourth-order valence-electron chi connectivity index (χ4n) is 2.82. The van der Waals surface area contributed by atoms with E-state index in [4.69, 9.17) is 0 Å². The molecule has 1 heterocycles. The average molecular weight is 335 g/mol. The Labute approximate surface area is 141 Å². The molecule has 0 aliphatic carbocycles. The lowest BCUT2D eigenvalue weighted by Crippen LogP contribution is -2.25. The molecule has 2 aromatic carbocycles. The molecule has 122 valence electrons. The summed E-state index contributed by atoms with van der Waals surface area (Å²) >= 11 is 0. The number of rotatable bonds is 2. The van der Waals surface area contributed by atoms with Crippen LogP contribution in [0.3, 0.4) is 0 Å². The van der Waals surface area contributed by atoms with Crippen LogP contribution in [0.2, 0.25) is 0 Å². The maximum Gasteiger partial charge on any atom is 0.256 e. The molecule has 0 aromatic heterocycles. The molecule has 0 radical (unpaired) electrons. The van der Waals surface area contributed by atoms with Gasteiger partial charge in [-0.2, -0.15) is 0 Å². The highest BCUT2D eigenvalue weighted by molar-refractivity contribution is 6.05. The van der Waals surface area contributed by atoms with E-state index in [9.17, 15) is 9.18 Å². The number of benzene rings is 2. The van der Waals surface area contributed by atoms with Crippen molar-refractivity contribution >= 4 is 24.0 Å². The number of hydrogen-bond acceptors (Lipinski definition) is 2. The molecule has 0 fully saturated rings. The molecule has 2 N–H and O–H groups in total. The monoisotopic (exact) mass is 334 g/mol. The second-order valence-electron chi connectivity index (χ2n) is 5.69. The van der Waals surface area contributed by atoms with Gasteiger partial charge in [-0.1, -0.05) is 18.2 Å². The number of aryl methyl sites for hydroxylation is 1. The third-order valence-electron chi connectivity index (χ3n) is 4.30. The van der Waals surface area contributed by atoms with E-state index >= 15 is 0 Å². The van der Waals surface area contributed by atoms with Crippen molar-refractivity contribution < 1.29 is 9.18 Å². The highest BCUT2D eigenvalue weighted by atomic mass is 35.5. The Bertz CT molecular complexity index is 746. The first-order chi connectivity index (χ1) is 10.6. The summed E-state index contributed by atoms with van der Waals surface area (Å²) in [5.41, 5.74) is 4.48. The first-order valence-corrected chi connectivity index (χ1v) is 7.46. The highest BCUT2D eigenvalue weighted by Gasteiger charge is 2.18. The van der Waals surface area contributed by atoms with Gasteiger partial charge in [0.25, 0.3) is 5.91 Å². The number of amides is 1. The Morgan fingerprint density at radius 2 is 2.00 bits per heavy atom. The van der Waals surface area contributed by atoms with Gasteiger partial charge in [0.05, 0.1) is 5.69 Å². The van der Waals surface area contributed by atoms with Crippen molar-refractivity contribution in [3.8, 4) is 0 Å². The van der Waals surface area contributed by atoms with Gasteiger partial charge in [-0.15, -0.1) is 12.4 Å². The molecular weight excluding hydrogens is 315 g/mol. The van der Waals surface area contributed by atoms with Gasteiger partial charge >= 0.3 is 0 Å². The Hall–Kier alpha value is -1.91. The van der Waals surface area contributed by atoms with Crippen molar-refractivity contribution in [3.63, 3.8) is 0 Å². The summed E-state index contributed by atoms with van der Waals surface area (Å²) < 4.78 is 14.6. The van der Waals surface area contributed by atoms with Crippen LogP contribution in [0.5, 0.6) is 0 Å². The van der Waals surface area contributed by atoms with Crippen molar-refractivity contribution in [2.75, 3.05) is 11.9 Å². The molecule has 2 aromatic rings. The third kappa shape index (κ3) is 3.38. The fourth-order valence-corrected chi connectivity index (χ4v) is 2.82. The van der Waals surface area contributed by atoms with E-state index < -0.39 is 0 Å². The molecular formula is C18H20ClFN2O. The molecule has 0 bridgehead atoms. The number of nitrogens with one attached hydrogen (secondary N) is 2. The van der Waals surface area contributed by atoms with Gasteiger partial charge < -0.3 is 10.6 Å². The van der Waals surface area contributed by atoms with Gasteiger partial charge in [0.15, 0.2) is 0 Å². The van der Waals surface area contributed by atoms with Crippen LogP contribution < -0.4 is 10.6 Å². The van der Waals surface area contributed by atoms with E-state index in [2.05, 4.69) is 10.6 Å². The Kier molecular flexibility index (Phi) is 5.39. The first-order valence-electron chi connectivity index (χ1n) is 7.46. The molecule has 3 nitrogen and oxygen atoms in total. The van der Waals surface area contributed by atoms with Crippen molar-refractivity contribution in [2.24, 2.45) is 0 Å². The molecule has 0 unspecified atom stereocenters. The van der Waals surface area contributed by atoms with Crippen LogP contribution in [0, 0.1) is 19.7 Å². The third-order valence-corrected chi connectivity index (χ3v) is 4.30. The summed E-state index contributed by atoms with van der Waals surface area (Å²) in [6, 6.07) is 9.08. The maximum absolute atomic E-state index is 14.6. The number of hydrogen-bond donors (Lipinski definition) is 2. The minimum atomic E-state index is -0.308. The van der Waals surface area contributed by atoms with E-state index in [1.54, 1.807) is 12.1 Å². The minimum absolute atomic E-state index is 0. The summed E-state index contributed by atoms with van der Waals surface area (Å²) in [6.45, 7) is 5.30. The zero-order valence-corrected chi connectivity index (χ0v) is 14.0. The Morgan fingerprint density at radius 1 is 1.22 bits per heavy atom. The fraction of sp³-hybridized carbons (Fsp3) is 0.278. The van der Waals surface area contributed by atoms with E-state index in [0.29, 0.717) is 24.1 Å². The van der Waals surface area contributed by atoms with Crippen LogP contribution in [-0.4, -0.2) is 12.5 Å². The van der Waals surface area contributed by atoms with Gasteiger partial charge in [-0.3, -0.25) is 4.79 Å². The number of carbonyl (C=O) groups is 1. The summed E-state index contributed by atoms with van der Waals surface area (Å²) in [7, 11) is 0. The predicted octanol–water partition coefficient (Wildman–Crippen LogP) is 3.76. The number of carbonyl (C=O) groups excluding carboxylic acids is 1. The summed E-state index contributed by atoms with van der Waals surface area (Å²) in [5.74, 6) is -0.577. The van der Waals surface area contributed by atoms with Gasteiger partial charge in [-0.05, 0) is 61.2 Å². The summed E-state index contributed by atoms with van der Waals surface area (Å²) in [5, 5.41) is 5.92. The van der Waals surface area contributed by atoms with Crippen LogP contribution in [0.25, 0.3) is 0 Å². The van der Waals surface area contributed by atoms with E-state index in [1.807, 2.05) is 32.0 Å². The van der Waals surface area contributed by atoms with Gasteiger partial charge in [0.2, 0.25) is 0 Å². The number of fused-ring (bicyclic) bond motifs is 1. The molecule has 1 aliphatic rings. The normalized spacial score (nSPS) is 13.0. The Balaban J connectivity index is 0.00000192. The van der Waals surface area contributed by atoms with Crippen LogP contribution in [0.1, 0.15) is 32.6 Å². The van der Waals surface area contributed by atoms with E-state index in [1.165, 1.54) is 0 Å². The molecule has 1 aliphatic heterocycles. The molecule has 0 saturated heterocycles. The van der Waals surface area contributed by atoms with E-state index in [0.717, 1.165) is 23.2 Å². The lowest BCUT2D eigenvalue weighted by atomic mass is 9.99. The average Bonchev–Trinajstić information content (AvgIpc) is 2.53. The van der Waals surface area contributed by atoms with Crippen LogP contribution in [-0.2, 0) is 13.0 Å². The van der Waals surface area contributed by atoms with Gasteiger partial charge in [-0.25, -0.2) is 4.39 Å². The van der Waals surface area contributed by atoms with E-state index in [-0.39, 0.29) is 29.8 Å². The largest absolute Gasteiger partial charge is 0.319 e. The quantitative estimate of drug-likeness (QED) is 0.878. The molecule has 0 atom stereocenters. The van der Waals surface area contributed by atoms with Crippen LogP contribution in [0.15, 0.2) is 30.3 Å². The van der Waals surface area contributed by atoms with Gasteiger partial charge in [0.1, 0.15) is 5.82 Å². The van der Waals surface area contributed by atoms with Crippen molar-refractivity contribution in [1.29, 1.82) is 0 Å². The van der Waals surface area contributed by atoms with Crippen molar-refractivity contribution in [2.45, 2.75) is 26.8 Å². The van der Waals surface area contributed by atoms with Crippen LogP contribution in [0.4, 0.5) is 10.1 Å². The SMILES string of the molecule is Cc1cccc(C(=O)Nc2ccc3c(c2F)CCNC3)c1C.Cl. The number of anilines is 1. The zero-order chi connectivity index (χ0) is 15.7. The Morgan fingerprint density at radius 3 is 2.78 bits per heavy atom. The van der Waals surface area contributed by atoms with Gasteiger partial charge in [0, 0.05) is 12.1 Å². The lowest BCUT2D eigenvalue weighted by molar-refractivity contribution is 0.102. The topological polar surface area (TPSA) is 41.1 Å². The standard InChI is InChI=1S/C18H19FN2O.ClH/c1-11-4-3-5-14(12(11)2)18(22)21-16-7-6-13-10-20-9-8-15(13)17(16)19;/h3-7,20H,8-10H2,1-2H3,(H,21,22);1H. The van der Waals surface area contributed by atoms with Crippen LogP contribution >= 0.6 is 12.4 Å². The predicted molar refractivity (Wildman–Crippen MR) is 92.9 cm³/mol. The first kappa shape index (κ1) is 17.4. The summed E-state index contributed by atoms with van der Waals surface area (Å²) in [4.78, 5) is 12.4. The smallest absolute Gasteiger partial charge is 0.256 e. The maximum atomic E-state index is 14.6. The molecule has 3 rings (SSSR count). The molecule has 1 amide bonds.